The molecule has 0 N–H and O–H groups in total. The lowest BCUT2D eigenvalue weighted by atomic mass is 10.2. The van der Waals surface area contributed by atoms with Crippen molar-refractivity contribution in [2.24, 2.45) is 0 Å². The Balaban J connectivity index is 1.67. The van der Waals surface area contributed by atoms with Crippen LogP contribution in [0.2, 0.25) is 0 Å². The largest absolute Gasteiger partial charge is 0.493 e. The van der Waals surface area contributed by atoms with E-state index >= 15 is 0 Å². The molecule has 0 aliphatic heterocycles. The number of ether oxygens (including phenoxy) is 3. The Hall–Kier alpha value is -3.14. The zero-order valence-corrected chi connectivity index (χ0v) is 17.9. The first-order valence-corrected chi connectivity index (χ1v) is 10.2. The number of hydrogen-bond acceptors (Lipinski definition) is 8. The predicted octanol–water partition coefficient (Wildman–Crippen LogP) is 4.95. The number of alkyl halides is 2. The van der Waals surface area contributed by atoms with Crippen LogP contribution in [0.25, 0.3) is 0 Å². The van der Waals surface area contributed by atoms with E-state index in [-0.39, 0.29) is 18.1 Å². The minimum absolute atomic E-state index is 0.0764. The summed E-state index contributed by atoms with van der Waals surface area (Å²) in [6.45, 7) is 0.637. The van der Waals surface area contributed by atoms with E-state index < -0.39 is 12.6 Å². The molecular formula is C21H20F2N2O5S. The summed E-state index contributed by atoms with van der Waals surface area (Å²) >= 11 is 1.38. The minimum atomic E-state index is -2.97. The highest BCUT2D eigenvalue weighted by molar-refractivity contribution is 7.98. The number of thioether (sulfide) groups is 1. The number of nitrogens with zero attached hydrogens (tertiary/aromatic N) is 2. The number of methoxy groups -OCH3 is 1. The second-order valence-electron chi connectivity index (χ2n) is 6.39. The maximum Gasteiger partial charge on any atom is 0.387 e. The molecule has 0 spiro atoms. The van der Waals surface area contributed by atoms with Gasteiger partial charge in [-0.25, -0.2) is 9.78 Å². The first-order valence-electron chi connectivity index (χ1n) is 9.17. The highest BCUT2D eigenvalue weighted by Crippen LogP contribution is 2.30. The maximum atomic E-state index is 12.6. The number of halogens is 2. The molecule has 0 bridgehead atoms. The fourth-order valence-corrected chi connectivity index (χ4v) is 3.87. The molecule has 0 aliphatic rings. The summed E-state index contributed by atoms with van der Waals surface area (Å²) < 4.78 is 44.9. The molecule has 0 saturated carbocycles. The van der Waals surface area contributed by atoms with Gasteiger partial charge in [-0.1, -0.05) is 11.2 Å². The summed E-state index contributed by atoms with van der Waals surface area (Å²) in [5.74, 6) is 0.727. The topological polar surface area (TPSA) is 83.7 Å². The predicted molar refractivity (Wildman–Crippen MR) is 109 cm³/mol. The van der Waals surface area contributed by atoms with Gasteiger partial charge in [-0.2, -0.15) is 8.78 Å². The third-order valence-electron chi connectivity index (χ3n) is 4.34. The first-order chi connectivity index (χ1) is 14.9. The van der Waals surface area contributed by atoms with Gasteiger partial charge in [0.15, 0.2) is 11.5 Å². The van der Waals surface area contributed by atoms with Crippen LogP contribution in [0.5, 0.6) is 11.5 Å². The molecule has 1 aromatic carbocycles. The van der Waals surface area contributed by atoms with E-state index in [0.717, 1.165) is 17.0 Å². The number of esters is 1. The maximum absolute atomic E-state index is 12.6. The molecule has 31 heavy (non-hydrogen) atoms. The Bertz CT molecular complexity index is 1040. The number of pyridine rings is 1. The standard InChI is InChI=1S/C21H20F2N2O5S/c1-12-16(13(2)30-25-12)11-31-19-15(5-4-8-24-19)20(26)28-10-14-6-7-17(29-21(22)23)18(9-14)27-3/h4-9,21H,10-11H2,1-3H3. The molecule has 2 aromatic heterocycles. The Morgan fingerprint density at radius 1 is 1.23 bits per heavy atom. The van der Waals surface area contributed by atoms with Crippen molar-refractivity contribution in [1.29, 1.82) is 0 Å². The van der Waals surface area contributed by atoms with Crippen molar-refractivity contribution >= 4 is 17.7 Å². The number of aryl methyl sites for hydroxylation is 2. The van der Waals surface area contributed by atoms with Gasteiger partial charge in [0.25, 0.3) is 0 Å². The smallest absolute Gasteiger partial charge is 0.387 e. The summed E-state index contributed by atoms with van der Waals surface area (Å²) in [7, 11) is 1.33. The van der Waals surface area contributed by atoms with Gasteiger partial charge in [-0.3, -0.25) is 0 Å². The third kappa shape index (κ3) is 5.72. The molecule has 7 nitrogen and oxygen atoms in total. The molecule has 10 heteroatoms. The highest BCUT2D eigenvalue weighted by atomic mass is 32.2. The van der Waals surface area contributed by atoms with Gasteiger partial charge in [0.2, 0.25) is 0 Å². The molecule has 0 fully saturated rings. The van der Waals surface area contributed by atoms with E-state index in [4.69, 9.17) is 14.0 Å². The van der Waals surface area contributed by atoms with Gasteiger partial charge < -0.3 is 18.7 Å². The number of benzene rings is 1. The van der Waals surface area contributed by atoms with Gasteiger partial charge in [0, 0.05) is 17.5 Å². The fraction of sp³-hybridized carbons (Fsp3) is 0.286. The molecule has 0 saturated heterocycles. The van der Waals surface area contributed by atoms with E-state index in [9.17, 15) is 13.6 Å². The molecule has 0 aliphatic carbocycles. The van der Waals surface area contributed by atoms with E-state index in [1.54, 1.807) is 18.3 Å². The lowest BCUT2D eigenvalue weighted by molar-refractivity contribution is -0.0512. The van der Waals surface area contributed by atoms with E-state index in [1.165, 1.54) is 37.1 Å². The summed E-state index contributed by atoms with van der Waals surface area (Å²) in [5, 5.41) is 4.44. The number of carbonyl (C=O) groups excluding carboxylic acids is 1. The quantitative estimate of drug-likeness (QED) is 0.335. The summed E-state index contributed by atoms with van der Waals surface area (Å²) in [4.78, 5) is 16.9. The summed E-state index contributed by atoms with van der Waals surface area (Å²) in [6.07, 6.45) is 1.60. The lowest BCUT2D eigenvalue weighted by Crippen LogP contribution is -2.08. The molecule has 0 atom stereocenters. The van der Waals surface area contributed by atoms with Crippen LogP contribution in [-0.4, -0.2) is 29.8 Å². The van der Waals surface area contributed by atoms with Gasteiger partial charge >= 0.3 is 12.6 Å². The van der Waals surface area contributed by atoms with Crippen LogP contribution in [0.1, 0.15) is 32.9 Å². The fourth-order valence-electron chi connectivity index (χ4n) is 2.73. The van der Waals surface area contributed by atoms with Crippen LogP contribution in [-0.2, 0) is 17.1 Å². The van der Waals surface area contributed by atoms with E-state index in [1.807, 2.05) is 13.8 Å². The van der Waals surface area contributed by atoms with Crippen molar-refractivity contribution in [3.8, 4) is 11.5 Å². The first kappa shape index (κ1) is 22.5. The molecule has 3 rings (SSSR count). The summed E-state index contributed by atoms with van der Waals surface area (Å²) in [6, 6.07) is 7.61. The number of aromatic nitrogens is 2. The third-order valence-corrected chi connectivity index (χ3v) is 5.37. The zero-order valence-electron chi connectivity index (χ0n) is 17.1. The molecule has 164 valence electrons. The SMILES string of the molecule is COc1cc(COC(=O)c2cccnc2SCc2c(C)noc2C)ccc1OC(F)F. The Morgan fingerprint density at radius 2 is 2.03 bits per heavy atom. The van der Waals surface area contributed by atoms with Crippen molar-refractivity contribution in [3.05, 3.63) is 64.7 Å². The van der Waals surface area contributed by atoms with E-state index in [0.29, 0.717) is 21.9 Å². The van der Waals surface area contributed by atoms with Crippen LogP contribution in [0.4, 0.5) is 8.78 Å². The normalized spacial score (nSPS) is 10.9. The molecule has 0 amide bonds. The number of carbonyl (C=O) groups is 1. The van der Waals surface area contributed by atoms with Crippen molar-refractivity contribution in [2.75, 3.05) is 7.11 Å². The molecule has 0 unspecified atom stereocenters. The van der Waals surface area contributed by atoms with Crippen LogP contribution in [0, 0.1) is 13.8 Å². The summed E-state index contributed by atoms with van der Waals surface area (Å²) in [5.41, 5.74) is 2.62. The number of hydrogen-bond donors (Lipinski definition) is 0. The van der Waals surface area contributed by atoms with Crippen molar-refractivity contribution in [1.82, 2.24) is 10.1 Å². The highest BCUT2D eigenvalue weighted by Gasteiger charge is 2.17. The van der Waals surface area contributed by atoms with Gasteiger partial charge in [-0.05, 0) is 43.7 Å². The van der Waals surface area contributed by atoms with Crippen molar-refractivity contribution < 1.29 is 32.3 Å². The Kier molecular flexibility index (Phi) is 7.45. The molecule has 3 aromatic rings. The Labute approximate surface area is 181 Å². The van der Waals surface area contributed by atoms with Crippen LogP contribution in [0.3, 0.4) is 0 Å². The van der Waals surface area contributed by atoms with Crippen LogP contribution < -0.4 is 9.47 Å². The van der Waals surface area contributed by atoms with Crippen molar-refractivity contribution in [3.63, 3.8) is 0 Å². The average molecular weight is 450 g/mol. The second-order valence-corrected chi connectivity index (χ2v) is 7.35. The minimum Gasteiger partial charge on any atom is -0.493 e. The van der Waals surface area contributed by atoms with Crippen molar-refractivity contribution in [2.45, 2.75) is 37.8 Å². The van der Waals surface area contributed by atoms with Gasteiger partial charge in [0.05, 0.1) is 18.4 Å². The van der Waals surface area contributed by atoms with Gasteiger partial charge in [-0.15, -0.1) is 11.8 Å². The molecular weight excluding hydrogens is 430 g/mol. The second kappa shape index (κ2) is 10.3. The van der Waals surface area contributed by atoms with E-state index in [2.05, 4.69) is 14.9 Å². The molecule has 2 heterocycles. The van der Waals surface area contributed by atoms with Crippen LogP contribution in [0.15, 0.2) is 46.1 Å². The number of rotatable bonds is 9. The van der Waals surface area contributed by atoms with Crippen LogP contribution >= 0.6 is 11.8 Å². The van der Waals surface area contributed by atoms with Gasteiger partial charge in [0.1, 0.15) is 17.4 Å². The average Bonchev–Trinajstić information content (AvgIpc) is 3.08. The Morgan fingerprint density at radius 3 is 2.71 bits per heavy atom. The monoisotopic (exact) mass is 450 g/mol. The molecule has 0 radical (unpaired) electrons. The zero-order chi connectivity index (χ0) is 22.4. The lowest BCUT2D eigenvalue weighted by Gasteiger charge is -2.12.